The molecule has 1 aliphatic carbocycles. The highest BCUT2D eigenvalue weighted by Crippen LogP contribution is 2.47. The second-order valence-corrected chi connectivity index (χ2v) is 8.41. The molecule has 0 radical (unpaired) electrons. The number of hydrogen-bond donors (Lipinski definition) is 1. The highest BCUT2D eigenvalue weighted by atomic mass is 16.3. The quantitative estimate of drug-likeness (QED) is 0.704. The zero-order valence-corrected chi connectivity index (χ0v) is 16.5. The van der Waals surface area contributed by atoms with E-state index in [-0.39, 0.29) is 17.9 Å². The Morgan fingerprint density at radius 2 is 1.76 bits per heavy atom. The fourth-order valence-corrected chi connectivity index (χ4v) is 5.46. The molecular weight excluding hydrogens is 360 g/mol. The summed E-state index contributed by atoms with van der Waals surface area (Å²) >= 11 is 0. The Hall–Kier alpha value is -2.72. The maximum absolute atomic E-state index is 13.6. The van der Waals surface area contributed by atoms with Crippen molar-refractivity contribution in [3.63, 3.8) is 0 Å². The van der Waals surface area contributed by atoms with Crippen LogP contribution in [0.4, 0.5) is 0 Å². The number of hydrogen-bond acceptors (Lipinski definition) is 3. The molecule has 4 heteroatoms. The molecular formula is C25H26N2O2. The maximum Gasteiger partial charge on any atom is 0.256 e. The average Bonchev–Trinajstić information content (AvgIpc) is 2.79. The van der Waals surface area contributed by atoms with Gasteiger partial charge in [-0.1, -0.05) is 67.4 Å². The first-order chi connectivity index (χ1) is 14.2. The number of pyridine rings is 1. The van der Waals surface area contributed by atoms with E-state index in [0.29, 0.717) is 18.5 Å². The van der Waals surface area contributed by atoms with Crippen molar-refractivity contribution in [1.29, 1.82) is 0 Å². The Bertz CT molecular complexity index is 1030. The Morgan fingerprint density at radius 1 is 1.00 bits per heavy atom. The molecule has 1 aromatic heterocycles. The molecule has 4 nitrogen and oxygen atoms in total. The summed E-state index contributed by atoms with van der Waals surface area (Å²) in [5.41, 5.74) is 0.786. The molecule has 3 atom stereocenters. The summed E-state index contributed by atoms with van der Waals surface area (Å²) in [5, 5.41) is 13.7. The lowest BCUT2D eigenvalue weighted by Gasteiger charge is -2.52. The second kappa shape index (κ2) is 7.27. The molecule has 3 aromatic rings. The van der Waals surface area contributed by atoms with Crippen molar-refractivity contribution in [1.82, 2.24) is 9.88 Å². The summed E-state index contributed by atoms with van der Waals surface area (Å²) in [4.78, 5) is 20.0. The Kier molecular flexibility index (Phi) is 4.59. The first-order valence-corrected chi connectivity index (χ1v) is 10.6. The number of aliphatic hydroxyl groups is 1. The molecule has 2 heterocycles. The number of likely N-dealkylation sites (tertiary alicyclic amines) is 1. The summed E-state index contributed by atoms with van der Waals surface area (Å²) in [6.45, 7) is 0.564. The lowest BCUT2D eigenvalue weighted by molar-refractivity contribution is -0.110. The standard InChI is InChI=1S/C25H26N2O2/c28-24(21-17-26-16-18-8-4-5-11-20(18)21)27-15-14-25(29,19-9-2-1-3-10-19)22-12-6-7-13-23(22)27/h1-5,8-11,16-17,22-23,29H,6-7,12-15H2/t22-,23+,25?/m0/s1. The smallest absolute Gasteiger partial charge is 0.256 e. The largest absolute Gasteiger partial charge is 0.385 e. The van der Waals surface area contributed by atoms with Gasteiger partial charge in [0.2, 0.25) is 0 Å². The van der Waals surface area contributed by atoms with E-state index in [1.54, 1.807) is 12.4 Å². The fourth-order valence-electron chi connectivity index (χ4n) is 5.46. The first kappa shape index (κ1) is 18.3. The first-order valence-electron chi connectivity index (χ1n) is 10.6. The monoisotopic (exact) mass is 386 g/mol. The molecule has 2 aliphatic rings. The van der Waals surface area contributed by atoms with E-state index >= 15 is 0 Å². The minimum atomic E-state index is -0.861. The molecule has 0 bridgehead atoms. The highest BCUT2D eigenvalue weighted by molar-refractivity contribution is 6.06. The molecule has 1 saturated carbocycles. The lowest BCUT2D eigenvalue weighted by Crippen LogP contribution is -2.59. The van der Waals surface area contributed by atoms with Crippen LogP contribution >= 0.6 is 0 Å². The number of piperidine rings is 1. The number of rotatable bonds is 2. The zero-order chi connectivity index (χ0) is 19.8. The third-order valence-electron chi connectivity index (χ3n) is 6.91. The number of benzene rings is 2. The lowest BCUT2D eigenvalue weighted by atomic mass is 9.66. The summed E-state index contributed by atoms with van der Waals surface area (Å²) in [6.07, 6.45) is 8.18. The summed E-state index contributed by atoms with van der Waals surface area (Å²) in [6, 6.07) is 18.0. The van der Waals surface area contributed by atoms with Crippen molar-refractivity contribution < 1.29 is 9.90 Å². The van der Waals surface area contributed by atoms with E-state index in [4.69, 9.17) is 0 Å². The average molecular weight is 386 g/mol. The van der Waals surface area contributed by atoms with Gasteiger partial charge >= 0.3 is 0 Å². The molecule has 5 rings (SSSR count). The van der Waals surface area contributed by atoms with Crippen LogP contribution in [0.15, 0.2) is 67.0 Å². The van der Waals surface area contributed by atoms with Crippen LogP contribution in [0.5, 0.6) is 0 Å². The van der Waals surface area contributed by atoms with Crippen LogP contribution in [-0.4, -0.2) is 33.5 Å². The number of carbonyl (C=O) groups is 1. The number of nitrogens with zero attached hydrogens (tertiary/aromatic N) is 2. The van der Waals surface area contributed by atoms with Crippen molar-refractivity contribution >= 4 is 16.7 Å². The van der Waals surface area contributed by atoms with E-state index in [1.165, 1.54) is 0 Å². The minimum Gasteiger partial charge on any atom is -0.385 e. The molecule has 29 heavy (non-hydrogen) atoms. The van der Waals surface area contributed by atoms with Gasteiger partial charge in [0.25, 0.3) is 5.91 Å². The van der Waals surface area contributed by atoms with Crippen LogP contribution in [0.25, 0.3) is 10.8 Å². The van der Waals surface area contributed by atoms with Crippen molar-refractivity contribution in [2.24, 2.45) is 5.92 Å². The highest BCUT2D eigenvalue weighted by Gasteiger charge is 2.50. The van der Waals surface area contributed by atoms with Crippen LogP contribution in [0.3, 0.4) is 0 Å². The molecule has 2 fully saturated rings. The van der Waals surface area contributed by atoms with Gasteiger partial charge in [0.15, 0.2) is 0 Å². The normalized spacial score (nSPS) is 26.9. The van der Waals surface area contributed by atoms with E-state index in [0.717, 1.165) is 42.0 Å². The number of fused-ring (bicyclic) bond motifs is 2. The summed E-state index contributed by atoms with van der Waals surface area (Å²) in [7, 11) is 0. The van der Waals surface area contributed by atoms with Crippen molar-refractivity contribution in [3.8, 4) is 0 Å². The van der Waals surface area contributed by atoms with E-state index in [9.17, 15) is 9.90 Å². The van der Waals surface area contributed by atoms with Crippen molar-refractivity contribution in [2.45, 2.75) is 43.7 Å². The van der Waals surface area contributed by atoms with Crippen LogP contribution in [0.1, 0.15) is 48.0 Å². The van der Waals surface area contributed by atoms with Gasteiger partial charge in [0, 0.05) is 36.3 Å². The molecule has 0 spiro atoms. The van der Waals surface area contributed by atoms with Gasteiger partial charge < -0.3 is 10.0 Å². The van der Waals surface area contributed by atoms with Crippen LogP contribution in [-0.2, 0) is 5.60 Å². The van der Waals surface area contributed by atoms with Gasteiger partial charge in [0.1, 0.15) is 0 Å². The van der Waals surface area contributed by atoms with Crippen LogP contribution in [0.2, 0.25) is 0 Å². The van der Waals surface area contributed by atoms with E-state index in [2.05, 4.69) is 4.98 Å². The van der Waals surface area contributed by atoms with Gasteiger partial charge in [-0.3, -0.25) is 9.78 Å². The Labute approximate surface area is 171 Å². The van der Waals surface area contributed by atoms with Gasteiger partial charge in [-0.05, 0) is 30.2 Å². The topological polar surface area (TPSA) is 53.4 Å². The molecule has 1 aliphatic heterocycles. The number of carbonyl (C=O) groups excluding carboxylic acids is 1. The summed E-state index contributed by atoms with van der Waals surface area (Å²) < 4.78 is 0. The molecule has 148 valence electrons. The van der Waals surface area contributed by atoms with E-state index < -0.39 is 5.60 Å². The number of amides is 1. The summed E-state index contributed by atoms with van der Waals surface area (Å²) in [5.74, 6) is 0.112. The number of aromatic nitrogens is 1. The zero-order valence-electron chi connectivity index (χ0n) is 16.5. The van der Waals surface area contributed by atoms with Crippen LogP contribution in [0, 0.1) is 5.92 Å². The van der Waals surface area contributed by atoms with Gasteiger partial charge in [-0.15, -0.1) is 0 Å². The molecule has 2 aromatic carbocycles. The Balaban J connectivity index is 1.52. The third kappa shape index (κ3) is 3.03. The molecule has 1 amide bonds. The Morgan fingerprint density at radius 3 is 2.62 bits per heavy atom. The fraction of sp³-hybridized carbons (Fsp3) is 0.360. The molecule has 1 N–H and O–H groups in total. The minimum absolute atomic E-state index is 0.0429. The van der Waals surface area contributed by atoms with Crippen LogP contribution < -0.4 is 0 Å². The predicted molar refractivity (Wildman–Crippen MR) is 113 cm³/mol. The van der Waals surface area contributed by atoms with Crippen molar-refractivity contribution in [3.05, 3.63) is 78.1 Å². The predicted octanol–water partition coefficient (Wildman–Crippen LogP) is 4.53. The van der Waals surface area contributed by atoms with Gasteiger partial charge in [-0.2, -0.15) is 0 Å². The van der Waals surface area contributed by atoms with Gasteiger partial charge in [0.05, 0.1) is 11.2 Å². The second-order valence-electron chi connectivity index (χ2n) is 8.41. The third-order valence-corrected chi connectivity index (χ3v) is 6.91. The van der Waals surface area contributed by atoms with Gasteiger partial charge in [-0.25, -0.2) is 0 Å². The maximum atomic E-state index is 13.6. The molecule has 1 unspecified atom stereocenters. The SMILES string of the molecule is O=C(c1cncc2ccccc12)N1CCC(O)(c2ccccc2)[C@H]2CCCC[C@H]21. The van der Waals surface area contributed by atoms with E-state index in [1.807, 2.05) is 59.5 Å². The van der Waals surface area contributed by atoms with Crippen molar-refractivity contribution in [2.75, 3.05) is 6.54 Å². The molecule has 1 saturated heterocycles.